The third-order valence-electron chi connectivity index (χ3n) is 5.59. The van der Waals surface area contributed by atoms with Crippen molar-refractivity contribution in [3.63, 3.8) is 0 Å². The fourth-order valence-electron chi connectivity index (χ4n) is 3.99. The van der Waals surface area contributed by atoms with Crippen molar-refractivity contribution in [1.29, 1.82) is 0 Å². The summed E-state index contributed by atoms with van der Waals surface area (Å²) in [6.45, 7) is 1.13. The minimum Gasteiger partial charge on any atom is -0.496 e. The Labute approximate surface area is 189 Å². The van der Waals surface area contributed by atoms with E-state index >= 15 is 0 Å². The first-order chi connectivity index (χ1) is 15.7. The highest BCUT2D eigenvalue weighted by Crippen LogP contribution is 2.29. The number of hydrogen-bond donors (Lipinski definition) is 0. The van der Waals surface area contributed by atoms with Gasteiger partial charge in [-0.05, 0) is 34.4 Å². The monoisotopic (exact) mass is 442 g/mol. The van der Waals surface area contributed by atoms with E-state index in [1.807, 2.05) is 48.5 Å². The van der Waals surface area contributed by atoms with Gasteiger partial charge in [-0.1, -0.05) is 65.9 Å². The zero-order chi connectivity index (χ0) is 22.1. The number of carbonyl (C=O) groups excluding carboxylic acids is 1. The van der Waals surface area contributed by atoms with Crippen LogP contribution in [0.5, 0.6) is 5.75 Å². The standard InChI is InChI=1S/C26H22N2O3S/c1-30-14-13-28-22-12-11-17-7-5-6-10-20(17)24(22)32-26(28)27-25(29)21-15-18-8-3-4-9-19(18)16-23(21)31-2/h3-12,15-16H,13-14H2,1-2H3. The lowest BCUT2D eigenvalue weighted by Crippen LogP contribution is -2.19. The van der Waals surface area contributed by atoms with Crippen LogP contribution in [-0.2, 0) is 11.3 Å². The van der Waals surface area contributed by atoms with Gasteiger partial charge in [0, 0.05) is 19.0 Å². The van der Waals surface area contributed by atoms with Gasteiger partial charge in [-0.25, -0.2) is 0 Å². The first-order valence-corrected chi connectivity index (χ1v) is 11.2. The number of fused-ring (bicyclic) bond motifs is 4. The van der Waals surface area contributed by atoms with E-state index in [9.17, 15) is 4.79 Å². The Morgan fingerprint density at radius 2 is 1.66 bits per heavy atom. The van der Waals surface area contributed by atoms with Crippen LogP contribution in [0.4, 0.5) is 0 Å². The van der Waals surface area contributed by atoms with E-state index in [1.165, 1.54) is 11.3 Å². The molecule has 0 spiro atoms. The minimum absolute atomic E-state index is 0.324. The molecule has 1 amide bonds. The van der Waals surface area contributed by atoms with E-state index < -0.39 is 0 Å². The normalized spacial score (nSPS) is 12.1. The molecule has 0 N–H and O–H groups in total. The summed E-state index contributed by atoms with van der Waals surface area (Å²) >= 11 is 1.52. The molecular weight excluding hydrogens is 420 g/mol. The summed E-state index contributed by atoms with van der Waals surface area (Å²) in [6.07, 6.45) is 0. The number of hydrogen-bond acceptors (Lipinski definition) is 4. The quantitative estimate of drug-likeness (QED) is 0.366. The van der Waals surface area contributed by atoms with E-state index in [0.29, 0.717) is 29.3 Å². The van der Waals surface area contributed by atoms with Crippen LogP contribution in [0, 0.1) is 0 Å². The number of nitrogens with zero attached hydrogens (tertiary/aromatic N) is 2. The Kier molecular flexibility index (Phi) is 5.47. The molecule has 0 aliphatic carbocycles. The molecule has 5 aromatic rings. The van der Waals surface area contributed by atoms with Crippen molar-refractivity contribution in [2.75, 3.05) is 20.8 Å². The maximum atomic E-state index is 13.3. The lowest BCUT2D eigenvalue weighted by atomic mass is 10.1. The summed E-state index contributed by atoms with van der Waals surface area (Å²) in [4.78, 5) is 18.5. The third kappa shape index (κ3) is 3.57. The molecule has 1 aromatic heterocycles. The van der Waals surface area contributed by atoms with Gasteiger partial charge in [-0.15, -0.1) is 0 Å². The minimum atomic E-state index is -0.324. The van der Waals surface area contributed by atoms with E-state index in [0.717, 1.165) is 31.8 Å². The number of aromatic nitrogens is 1. The van der Waals surface area contributed by atoms with Crippen LogP contribution in [0.25, 0.3) is 31.8 Å². The van der Waals surface area contributed by atoms with Gasteiger partial charge < -0.3 is 14.0 Å². The predicted molar refractivity (Wildman–Crippen MR) is 130 cm³/mol. The van der Waals surface area contributed by atoms with Crippen molar-refractivity contribution >= 4 is 49.0 Å². The number of amides is 1. The number of ether oxygens (including phenoxy) is 2. The smallest absolute Gasteiger partial charge is 0.283 e. The van der Waals surface area contributed by atoms with Crippen LogP contribution < -0.4 is 9.54 Å². The molecule has 0 saturated heterocycles. The fraction of sp³-hybridized carbons (Fsp3) is 0.154. The van der Waals surface area contributed by atoms with E-state index in [1.54, 1.807) is 14.2 Å². The van der Waals surface area contributed by atoms with Crippen LogP contribution in [0.3, 0.4) is 0 Å². The first-order valence-electron chi connectivity index (χ1n) is 10.4. The van der Waals surface area contributed by atoms with Crippen molar-refractivity contribution < 1.29 is 14.3 Å². The average molecular weight is 443 g/mol. The van der Waals surface area contributed by atoms with Gasteiger partial charge in [-0.3, -0.25) is 4.79 Å². The number of carbonyl (C=O) groups is 1. The maximum absolute atomic E-state index is 13.3. The molecule has 0 bridgehead atoms. The zero-order valence-electron chi connectivity index (χ0n) is 17.9. The van der Waals surface area contributed by atoms with Crippen LogP contribution >= 0.6 is 11.3 Å². The lowest BCUT2D eigenvalue weighted by molar-refractivity contribution is 0.0994. The lowest BCUT2D eigenvalue weighted by Gasteiger charge is -2.08. The first kappa shape index (κ1) is 20.4. The molecule has 32 heavy (non-hydrogen) atoms. The summed E-state index contributed by atoms with van der Waals surface area (Å²) in [7, 11) is 3.25. The molecule has 0 saturated carbocycles. The highest BCUT2D eigenvalue weighted by molar-refractivity contribution is 7.17. The van der Waals surface area contributed by atoms with Gasteiger partial charge in [0.05, 0.1) is 29.5 Å². The number of rotatable bonds is 5. The Bertz CT molecular complexity index is 1530. The average Bonchev–Trinajstić information content (AvgIpc) is 3.19. The molecule has 6 heteroatoms. The molecule has 160 valence electrons. The molecule has 0 fully saturated rings. The van der Waals surface area contributed by atoms with Crippen LogP contribution in [-0.4, -0.2) is 31.3 Å². The van der Waals surface area contributed by atoms with Crippen molar-refractivity contribution in [1.82, 2.24) is 4.57 Å². The van der Waals surface area contributed by atoms with Crippen LogP contribution in [0.15, 0.2) is 77.8 Å². The predicted octanol–water partition coefficient (Wildman–Crippen LogP) is 5.41. The maximum Gasteiger partial charge on any atom is 0.283 e. The second-order valence-corrected chi connectivity index (χ2v) is 8.46. The van der Waals surface area contributed by atoms with Crippen molar-refractivity contribution in [2.45, 2.75) is 6.54 Å². The third-order valence-corrected chi connectivity index (χ3v) is 6.72. The topological polar surface area (TPSA) is 52.8 Å². The molecule has 0 radical (unpaired) electrons. The second-order valence-electron chi connectivity index (χ2n) is 7.48. The molecule has 5 nitrogen and oxygen atoms in total. The molecule has 0 aliphatic rings. The Morgan fingerprint density at radius 1 is 0.938 bits per heavy atom. The van der Waals surface area contributed by atoms with Gasteiger partial charge in [-0.2, -0.15) is 4.99 Å². The van der Waals surface area contributed by atoms with Gasteiger partial charge in [0.25, 0.3) is 5.91 Å². The molecule has 0 unspecified atom stereocenters. The van der Waals surface area contributed by atoms with Crippen molar-refractivity contribution in [3.05, 3.63) is 83.2 Å². The molecule has 0 atom stereocenters. The van der Waals surface area contributed by atoms with E-state index in [4.69, 9.17) is 9.47 Å². The van der Waals surface area contributed by atoms with Gasteiger partial charge in [0.2, 0.25) is 0 Å². The number of benzene rings is 4. The fourth-order valence-corrected chi connectivity index (χ4v) is 5.17. The summed E-state index contributed by atoms with van der Waals surface area (Å²) in [5.41, 5.74) is 1.49. The molecule has 0 aliphatic heterocycles. The van der Waals surface area contributed by atoms with Gasteiger partial charge in [0.1, 0.15) is 5.75 Å². The second kappa shape index (κ2) is 8.57. The Balaban J connectivity index is 1.71. The van der Waals surface area contributed by atoms with Gasteiger partial charge >= 0.3 is 0 Å². The van der Waals surface area contributed by atoms with Crippen LogP contribution in [0.2, 0.25) is 0 Å². The van der Waals surface area contributed by atoms with E-state index in [-0.39, 0.29) is 5.91 Å². The summed E-state index contributed by atoms with van der Waals surface area (Å²) in [5.74, 6) is 0.196. The molecule has 1 heterocycles. The summed E-state index contributed by atoms with van der Waals surface area (Å²) in [6, 6.07) is 24.1. The zero-order valence-corrected chi connectivity index (χ0v) is 18.7. The van der Waals surface area contributed by atoms with Crippen molar-refractivity contribution in [3.8, 4) is 5.75 Å². The van der Waals surface area contributed by atoms with Crippen LogP contribution in [0.1, 0.15) is 10.4 Å². The molecule has 5 rings (SSSR count). The largest absolute Gasteiger partial charge is 0.496 e. The Hall–Kier alpha value is -3.48. The summed E-state index contributed by atoms with van der Waals surface area (Å²) < 4.78 is 14.0. The number of thiazole rings is 1. The molecule has 4 aromatic carbocycles. The molecular formula is C26H22N2O3S. The van der Waals surface area contributed by atoms with Crippen molar-refractivity contribution in [2.24, 2.45) is 4.99 Å². The SMILES string of the molecule is COCCn1c(=NC(=O)c2cc3ccccc3cc2OC)sc2c3ccccc3ccc21. The highest BCUT2D eigenvalue weighted by atomic mass is 32.1. The Morgan fingerprint density at radius 3 is 2.41 bits per heavy atom. The summed E-state index contributed by atoms with van der Waals surface area (Å²) in [5, 5.41) is 4.30. The highest BCUT2D eigenvalue weighted by Gasteiger charge is 2.15. The number of methoxy groups -OCH3 is 2. The van der Waals surface area contributed by atoms with Gasteiger partial charge in [0.15, 0.2) is 4.80 Å². The van der Waals surface area contributed by atoms with E-state index in [2.05, 4.69) is 33.8 Å².